The summed E-state index contributed by atoms with van der Waals surface area (Å²) < 4.78 is 25.2. The summed E-state index contributed by atoms with van der Waals surface area (Å²) in [5.74, 6) is 0. The first-order valence-electron chi connectivity index (χ1n) is 19.6. The molecule has 0 saturated heterocycles. The minimum absolute atomic E-state index is 0.00421. The number of ether oxygens (including phenoxy) is 5. The summed E-state index contributed by atoms with van der Waals surface area (Å²) in [4.78, 5) is 0. The highest BCUT2D eigenvalue weighted by Crippen LogP contribution is 2.25. The smallest absolute Gasteiger partial charge is 0.110 e. The van der Waals surface area contributed by atoms with Crippen LogP contribution in [0, 0.1) is 5.41 Å². The fourth-order valence-electron chi connectivity index (χ4n) is 3.73. The lowest BCUT2D eigenvalue weighted by molar-refractivity contribution is -0.120. The Bertz CT molecular complexity index is 834. The molecule has 0 radical (unpaired) electrons. The second kappa shape index (κ2) is 47.5. The Morgan fingerprint density at radius 2 is 0.821 bits per heavy atom. The highest BCUT2D eigenvalue weighted by molar-refractivity contribution is 4.80. The molecule has 0 aliphatic rings. The van der Waals surface area contributed by atoms with Crippen LogP contribution >= 0.6 is 0 Å². The summed E-state index contributed by atoms with van der Waals surface area (Å²) in [6.07, 6.45) is 4.23. The van der Waals surface area contributed by atoms with Crippen molar-refractivity contribution >= 4 is 0 Å². The third-order valence-electron chi connectivity index (χ3n) is 7.89. The largest absolute Gasteiger partial charge is 0.396 e. The third kappa shape index (κ3) is 40.3. The minimum atomic E-state index is -1.41. The van der Waals surface area contributed by atoms with Crippen LogP contribution in [-0.2, 0) is 23.7 Å². The number of rotatable bonds is 31. The molecule has 0 aromatic carbocycles. The third-order valence-corrected chi connectivity index (χ3v) is 7.89. The molecule has 0 amide bonds. The van der Waals surface area contributed by atoms with E-state index in [1.165, 1.54) is 6.08 Å². The van der Waals surface area contributed by atoms with E-state index in [4.69, 9.17) is 33.9 Å². The molecule has 0 aromatic rings. The van der Waals surface area contributed by atoms with Gasteiger partial charge in [-0.2, -0.15) is 0 Å². The molecule has 14 nitrogen and oxygen atoms in total. The average Bonchev–Trinajstić information content (AvgIpc) is 3.22. The van der Waals surface area contributed by atoms with Gasteiger partial charge in [0, 0.05) is 12.0 Å². The normalized spacial score (nSPS) is 15.0. The van der Waals surface area contributed by atoms with E-state index >= 15 is 0 Å². The van der Waals surface area contributed by atoms with Crippen LogP contribution in [0.2, 0.25) is 0 Å². The van der Waals surface area contributed by atoms with Gasteiger partial charge in [-0.1, -0.05) is 71.9 Å². The Kier molecular flexibility index (Phi) is 53.7. The maximum absolute atomic E-state index is 9.42. The van der Waals surface area contributed by atoms with Gasteiger partial charge in [-0.3, -0.25) is 0 Å². The van der Waals surface area contributed by atoms with Crippen LogP contribution in [0.4, 0.5) is 0 Å². The molecule has 8 unspecified atom stereocenters. The van der Waals surface area contributed by atoms with Crippen LogP contribution in [0.3, 0.4) is 0 Å². The molecular weight excluding hydrogens is 728 g/mol. The van der Waals surface area contributed by atoms with Crippen molar-refractivity contribution in [3.05, 3.63) is 63.3 Å². The van der Waals surface area contributed by atoms with Gasteiger partial charge in [0.15, 0.2) is 0 Å². The SMILES string of the molecule is C=CCOCC(CC)(CC)CO.C=CCOCC(O)C(O)C(O)C(O)CC.C=CCOCC(O)C(O)C(O)CC.C=CCOCC(O)CC.C=CCOCCC. The fourth-order valence-corrected chi connectivity index (χ4v) is 3.73. The van der Waals surface area contributed by atoms with Crippen molar-refractivity contribution in [2.24, 2.45) is 5.41 Å². The zero-order valence-corrected chi connectivity index (χ0v) is 35.6. The van der Waals surface area contributed by atoms with Crippen molar-refractivity contribution < 1.29 is 69.6 Å². The van der Waals surface area contributed by atoms with Crippen molar-refractivity contribution in [3.63, 3.8) is 0 Å². The van der Waals surface area contributed by atoms with Gasteiger partial charge in [0.05, 0.1) is 84.4 Å². The standard InChI is InChI=1S/C10H20O5.C10H20O2.C9H18O4.C7H14O2.C6H12O/c1-3-5-15-6-8(12)10(14)9(13)7(11)4-2;1-4-7-12-9-10(5-2,6-3)8-11;1-3-5-13-6-8(11)9(12)7(10)4-2;1-3-5-9-6-7(8)4-2;1-3-5-7-6-4-2/h3,7-14H,1,4-6H2,2H3;4,11H,1,5-9H2,2-3H3;3,7-12H,1,4-6H2,2H3;3,7-8H,1,4-6H2,2H3;3H,1,4-6H2,2H3. The number of aliphatic hydroxyl groups excluding tert-OH is 9. The Morgan fingerprint density at radius 1 is 0.464 bits per heavy atom. The lowest BCUT2D eigenvalue weighted by atomic mass is 9.84. The molecule has 0 bridgehead atoms. The van der Waals surface area contributed by atoms with Crippen molar-refractivity contribution in [2.75, 3.05) is 72.7 Å². The van der Waals surface area contributed by atoms with Gasteiger partial charge < -0.3 is 69.6 Å². The number of hydrogen-bond donors (Lipinski definition) is 9. The van der Waals surface area contributed by atoms with Gasteiger partial charge in [0.25, 0.3) is 0 Å². The number of hydrogen-bond acceptors (Lipinski definition) is 14. The molecule has 0 heterocycles. The van der Waals surface area contributed by atoms with Gasteiger partial charge in [-0.05, 0) is 38.5 Å². The molecule has 336 valence electrons. The summed E-state index contributed by atoms with van der Waals surface area (Å²) in [6, 6.07) is 0. The first-order chi connectivity index (χ1) is 26.6. The van der Waals surface area contributed by atoms with Crippen LogP contribution in [0.25, 0.3) is 0 Å². The zero-order valence-electron chi connectivity index (χ0n) is 35.6. The molecule has 8 atom stereocenters. The first kappa shape index (κ1) is 63.3. The van der Waals surface area contributed by atoms with Crippen molar-refractivity contribution in [1.29, 1.82) is 0 Å². The summed E-state index contributed by atoms with van der Waals surface area (Å²) in [7, 11) is 0. The van der Waals surface area contributed by atoms with Gasteiger partial charge in [-0.15, -0.1) is 32.9 Å². The van der Waals surface area contributed by atoms with Crippen molar-refractivity contribution in [1.82, 2.24) is 0 Å². The highest BCUT2D eigenvalue weighted by Gasteiger charge is 2.29. The monoisotopic (exact) mass is 813 g/mol. The predicted molar refractivity (Wildman–Crippen MR) is 224 cm³/mol. The summed E-state index contributed by atoms with van der Waals surface area (Å²) in [6.45, 7) is 33.3. The number of aliphatic hydroxyl groups is 9. The summed E-state index contributed by atoms with van der Waals surface area (Å²) in [5.41, 5.74) is -0.0387. The molecule has 0 saturated carbocycles. The molecule has 0 rings (SSSR count). The average molecular weight is 813 g/mol. The van der Waals surface area contributed by atoms with Crippen LogP contribution in [-0.4, -0.2) is 167 Å². The predicted octanol–water partition coefficient (Wildman–Crippen LogP) is 3.27. The molecule has 56 heavy (non-hydrogen) atoms. The molecule has 0 aromatic heterocycles. The topological polar surface area (TPSA) is 228 Å². The van der Waals surface area contributed by atoms with E-state index in [0.29, 0.717) is 52.5 Å². The lowest BCUT2D eigenvalue weighted by Crippen LogP contribution is -2.45. The van der Waals surface area contributed by atoms with Crippen molar-refractivity contribution in [2.45, 2.75) is 129 Å². The van der Waals surface area contributed by atoms with E-state index in [0.717, 1.165) is 32.3 Å². The zero-order chi connectivity index (χ0) is 44.2. The van der Waals surface area contributed by atoms with Crippen LogP contribution in [0.1, 0.15) is 80.1 Å². The van der Waals surface area contributed by atoms with Crippen LogP contribution in [0.15, 0.2) is 63.3 Å². The maximum Gasteiger partial charge on any atom is 0.110 e. The van der Waals surface area contributed by atoms with E-state index < -0.39 is 42.7 Å². The maximum atomic E-state index is 9.42. The highest BCUT2D eigenvalue weighted by atomic mass is 16.5. The Labute approximate surface area is 339 Å². The second-order valence-corrected chi connectivity index (χ2v) is 12.6. The van der Waals surface area contributed by atoms with E-state index in [-0.39, 0.29) is 37.9 Å². The van der Waals surface area contributed by atoms with Crippen LogP contribution < -0.4 is 0 Å². The lowest BCUT2D eigenvalue weighted by Gasteiger charge is -2.28. The van der Waals surface area contributed by atoms with E-state index in [1.807, 2.05) is 6.92 Å². The quantitative estimate of drug-likeness (QED) is 0.0362. The summed E-state index contributed by atoms with van der Waals surface area (Å²) >= 11 is 0. The van der Waals surface area contributed by atoms with Crippen molar-refractivity contribution in [3.8, 4) is 0 Å². The fraction of sp³-hybridized carbons (Fsp3) is 0.762. The van der Waals surface area contributed by atoms with E-state index in [9.17, 15) is 35.7 Å². The molecular formula is C42H84O14. The molecule has 0 fully saturated rings. The summed E-state index contributed by atoms with van der Waals surface area (Å²) in [5, 5.41) is 83.2. The van der Waals surface area contributed by atoms with Gasteiger partial charge in [0.1, 0.15) is 30.5 Å². The van der Waals surface area contributed by atoms with E-state index in [1.54, 1.807) is 38.2 Å². The Balaban J connectivity index is -0.000000198. The van der Waals surface area contributed by atoms with Gasteiger partial charge >= 0.3 is 0 Å². The molecule has 9 N–H and O–H groups in total. The van der Waals surface area contributed by atoms with Crippen LogP contribution in [0.5, 0.6) is 0 Å². The Hall–Kier alpha value is -1.86. The molecule has 0 aliphatic carbocycles. The van der Waals surface area contributed by atoms with E-state index in [2.05, 4.69) is 53.7 Å². The Morgan fingerprint density at radius 3 is 1.18 bits per heavy atom. The second-order valence-electron chi connectivity index (χ2n) is 12.6. The molecule has 0 spiro atoms. The molecule has 0 aliphatic heterocycles. The van der Waals surface area contributed by atoms with Gasteiger partial charge in [-0.25, -0.2) is 0 Å². The first-order valence-corrected chi connectivity index (χ1v) is 19.6. The molecule has 14 heteroatoms. The minimum Gasteiger partial charge on any atom is -0.396 e. The van der Waals surface area contributed by atoms with Gasteiger partial charge in [0.2, 0.25) is 0 Å².